The third-order valence-corrected chi connectivity index (χ3v) is 5.34. The van der Waals surface area contributed by atoms with Gasteiger partial charge in [0.1, 0.15) is 12.1 Å². The van der Waals surface area contributed by atoms with E-state index in [-0.39, 0.29) is 11.5 Å². The summed E-state index contributed by atoms with van der Waals surface area (Å²) in [6, 6.07) is 5.14. The van der Waals surface area contributed by atoms with Gasteiger partial charge in [-0.15, -0.1) is 0 Å². The number of aromatic nitrogens is 2. The van der Waals surface area contributed by atoms with Gasteiger partial charge in [-0.3, -0.25) is 14.2 Å². The molecule has 0 saturated heterocycles. The quantitative estimate of drug-likeness (QED) is 0.680. The molecule has 146 valence electrons. The van der Waals surface area contributed by atoms with Gasteiger partial charge in [-0.1, -0.05) is 32.4 Å². The summed E-state index contributed by atoms with van der Waals surface area (Å²) < 4.78 is 1.31. The Morgan fingerprint density at radius 3 is 2.67 bits per heavy atom. The van der Waals surface area contributed by atoms with E-state index in [1.165, 1.54) is 10.9 Å². The molecular weight excluding hydrogens is 366 g/mol. The highest BCUT2D eigenvalue weighted by molar-refractivity contribution is 7.98. The number of hydrogen-bond donors (Lipinski definition) is 2. The number of benzene rings is 1. The van der Waals surface area contributed by atoms with Crippen LogP contribution in [0, 0.1) is 5.92 Å². The minimum absolute atomic E-state index is 0.223. The van der Waals surface area contributed by atoms with Gasteiger partial charge in [0.25, 0.3) is 5.56 Å². The fraction of sp³-hybridized carbons (Fsp3) is 0.474. The normalized spacial score (nSPS) is 14.5. The van der Waals surface area contributed by atoms with Crippen LogP contribution in [0.15, 0.2) is 35.4 Å². The molecule has 0 aliphatic carbocycles. The molecule has 3 unspecified atom stereocenters. The predicted molar refractivity (Wildman–Crippen MR) is 107 cm³/mol. The molecule has 1 aromatic carbocycles. The van der Waals surface area contributed by atoms with E-state index < -0.39 is 24.0 Å². The molecule has 8 heteroatoms. The number of carbonyl (C=O) groups excluding carboxylic acids is 1. The number of fused-ring (bicyclic) bond motifs is 1. The second-order valence-corrected chi connectivity index (χ2v) is 7.47. The van der Waals surface area contributed by atoms with Gasteiger partial charge in [-0.2, -0.15) is 11.8 Å². The number of thioether (sulfide) groups is 1. The average Bonchev–Trinajstić information content (AvgIpc) is 2.67. The smallest absolute Gasteiger partial charge is 0.326 e. The average molecular weight is 391 g/mol. The summed E-state index contributed by atoms with van der Waals surface area (Å²) >= 11 is 1.56. The maximum Gasteiger partial charge on any atom is 0.326 e. The van der Waals surface area contributed by atoms with Crippen LogP contribution in [-0.2, 0) is 9.59 Å². The number of aliphatic carboxylic acids is 1. The molecule has 0 radical (unpaired) electrons. The second-order valence-electron chi connectivity index (χ2n) is 6.48. The van der Waals surface area contributed by atoms with Crippen LogP contribution in [-0.4, -0.2) is 44.6 Å². The molecule has 1 heterocycles. The number of rotatable bonds is 9. The summed E-state index contributed by atoms with van der Waals surface area (Å²) in [7, 11) is 0. The van der Waals surface area contributed by atoms with Crippen LogP contribution in [0.25, 0.3) is 10.9 Å². The van der Waals surface area contributed by atoms with E-state index in [0.29, 0.717) is 29.5 Å². The Morgan fingerprint density at radius 2 is 2.04 bits per heavy atom. The molecule has 0 fully saturated rings. The third kappa shape index (κ3) is 4.88. The van der Waals surface area contributed by atoms with Gasteiger partial charge in [0.05, 0.1) is 17.2 Å². The SMILES string of the molecule is CCC(C)C(NC(=O)C(CCSC)n1cnc2ccccc2c1=O)C(=O)O. The van der Waals surface area contributed by atoms with Crippen molar-refractivity contribution in [1.82, 2.24) is 14.9 Å². The largest absolute Gasteiger partial charge is 0.480 e. The Balaban J connectivity index is 2.40. The number of hydrogen-bond acceptors (Lipinski definition) is 5. The van der Waals surface area contributed by atoms with Gasteiger partial charge >= 0.3 is 5.97 Å². The van der Waals surface area contributed by atoms with Crippen molar-refractivity contribution in [1.29, 1.82) is 0 Å². The Bertz CT molecular complexity index is 867. The van der Waals surface area contributed by atoms with Crippen molar-refractivity contribution in [3.8, 4) is 0 Å². The number of nitrogens with zero attached hydrogens (tertiary/aromatic N) is 2. The van der Waals surface area contributed by atoms with E-state index >= 15 is 0 Å². The summed E-state index contributed by atoms with van der Waals surface area (Å²) in [6.45, 7) is 3.65. The zero-order chi connectivity index (χ0) is 20.0. The molecule has 0 aliphatic rings. The van der Waals surface area contributed by atoms with Crippen molar-refractivity contribution in [2.45, 2.75) is 38.8 Å². The molecule has 2 N–H and O–H groups in total. The van der Waals surface area contributed by atoms with Crippen LogP contribution in [0.4, 0.5) is 0 Å². The molecule has 3 atom stereocenters. The zero-order valence-corrected chi connectivity index (χ0v) is 16.5. The fourth-order valence-corrected chi connectivity index (χ4v) is 3.32. The van der Waals surface area contributed by atoms with Crippen LogP contribution in [0.1, 0.15) is 32.7 Å². The molecule has 1 aromatic heterocycles. The minimum Gasteiger partial charge on any atom is -0.480 e. The minimum atomic E-state index is -1.08. The second kappa shape index (κ2) is 9.55. The van der Waals surface area contributed by atoms with E-state index in [0.717, 1.165) is 0 Å². The Hall–Kier alpha value is -2.35. The first-order valence-corrected chi connectivity index (χ1v) is 10.3. The highest BCUT2D eigenvalue weighted by Gasteiger charge is 2.30. The Morgan fingerprint density at radius 1 is 1.33 bits per heavy atom. The molecule has 0 spiro atoms. The lowest BCUT2D eigenvalue weighted by Crippen LogP contribution is -2.48. The van der Waals surface area contributed by atoms with Gasteiger partial charge < -0.3 is 10.4 Å². The van der Waals surface area contributed by atoms with Crippen LogP contribution < -0.4 is 10.9 Å². The zero-order valence-electron chi connectivity index (χ0n) is 15.7. The topological polar surface area (TPSA) is 101 Å². The first-order chi connectivity index (χ1) is 12.9. The van der Waals surface area contributed by atoms with Crippen molar-refractivity contribution in [2.24, 2.45) is 5.92 Å². The highest BCUT2D eigenvalue weighted by Crippen LogP contribution is 2.17. The monoisotopic (exact) mass is 391 g/mol. The molecular formula is C19H25N3O4S. The number of amides is 1. The molecule has 2 rings (SSSR count). The van der Waals surface area contributed by atoms with E-state index in [1.54, 1.807) is 43.0 Å². The van der Waals surface area contributed by atoms with Gasteiger partial charge in [-0.25, -0.2) is 9.78 Å². The molecule has 7 nitrogen and oxygen atoms in total. The summed E-state index contributed by atoms with van der Waals surface area (Å²) in [4.78, 5) is 41.6. The van der Waals surface area contributed by atoms with Crippen LogP contribution in [0.5, 0.6) is 0 Å². The fourth-order valence-electron chi connectivity index (χ4n) is 2.86. The van der Waals surface area contributed by atoms with Crippen molar-refractivity contribution in [3.63, 3.8) is 0 Å². The van der Waals surface area contributed by atoms with Crippen molar-refractivity contribution >= 4 is 34.5 Å². The maximum atomic E-state index is 12.9. The lowest BCUT2D eigenvalue weighted by atomic mass is 9.98. The number of para-hydroxylation sites is 1. The van der Waals surface area contributed by atoms with Crippen LogP contribution in [0.2, 0.25) is 0 Å². The number of carboxylic acid groups (broad SMARTS) is 1. The van der Waals surface area contributed by atoms with Crippen molar-refractivity contribution < 1.29 is 14.7 Å². The van der Waals surface area contributed by atoms with Gasteiger partial charge in [0.2, 0.25) is 5.91 Å². The molecule has 27 heavy (non-hydrogen) atoms. The van der Waals surface area contributed by atoms with Gasteiger partial charge in [0, 0.05) is 0 Å². The summed E-state index contributed by atoms with van der Waals surface area (Å²) in [6.07, 6.45) is 4.30. The Labute approximate surface area is 162 Å². The van der Waals surface area contributed by atoms with E-state index in [1.807, 2.05) is 13.2 Å². The van der Waals surface area contributed by atoms with E-state index in [4.69, 9.17) is 0 Å². The molecule has 0 bridgehead atoms. The number of carbonyl (C=O) groups is 2. The maximum absolute atomic E-state index is 12.9. The van der Waals surface area contributed by atoms with Crippen LogP contribution in [0.3, 0.4) is 0 Å². The lowest BCUT2D eigenvalue weighted by molar-refractivity contribution is -0.143. The number of nitrogens with one attached hydrogen (secondary N) is 1. The summed E-state index contributed by atoms with van der Waals surface area (Å²) in [5.41, 5.74) is 0.253. The molecule has 0 aliphatic heterocycles. The van der Waals surface area contributed by atoms with E-state index in [2.05, 4.69) is 10.3 Å². The van der Waals surface area contributed by atoms with Crippen molar-refractivity contribution in [3.05, 3.63) is 40.9 Å². The van der Waals surface area contributed by atoms with Crippen LogP contribution >= 0.6 is 11.8 Å². The lowest BCUT2D eigenvalue weighted by Gasteiger charge is -2.24. The summed E-state index contributed by atoms with van der Waals surface area (Å²) in [5, 5.41) is 12.5. The summed E-state index contributed by atoms with van der Waals surface area (Å²) in [5.74, 6) is -1.13. The van der Waals surface area contributed by atoms with Gasteiger partial charge in [-0.05, 0) is 36.5 Å². The first-order valence-electron chi connectivity index (χ1n) is 8.88. The first kappa shape index (κ1) is 21.0. The molecule has 2 aromatic rings. The highest BCUT2D eigenvalue weighted by atomic mass is 32.2. The standard InChI is InChI=1S/C19H25N3O4S/c1-4-12(2)16(19(25)26)21-17(23)15(9-10-27-3)22-11-20-14-8-6-5-7-13(14)18(22)24/h5-8,11-12,15-16H,4,9-10H2,1-3H3,(H,21,23)(H,25,26). The van der Waals surface area contributed by atoms with Crippen molar-refractivity contribution in [2.75, 3.05) is 12.0 Å². The molecule has 0 saturated carbocycles. The third-order valence-electron chi connectivity index (χ3n) is 4.70. The molecule has 1 amide bonds. The number of carboxylic acids is 1. The Kier molecular flexibility index (Phi) is 7.41. The van der Waals surface area contributed by atoms with E-state index in [9.17, 15) is 19.5 Å². The van der Waals surface area contributed by atoms with Gasteiger partial charge in [0.15, 0.2) is 0 Å². The predicted octanol–water partition coefficient (Wildman–Crippen LogP) is 2.31.